The number of nitrogens with zero attached hydrogens (tertiary/aromatic N) is 1. The molecule has 0 spiro atoms. The Hall–Kier alpha value is -1.30. The van der Waals surface area contributed by atoms with Gasteiger partial charge in [0.25, 0.3) is 0 Å². The third-order valence-electron chi connectivity index (χ3n) is 1.54. The highest BCUT2D eigenvalue weighted by Crippen LogP contribution is 2.00. The highest BCUT2D eigenvalue weighted by Gasteiger charge is 2.23. The number of carbonyl (C=O) groups excluding carboxylic acids is 1. The number of rotatable bonds is 4. The Balaban J connectivity index is 4.17. The number of carboxylic acid groups (broad SMARTS) is 1. The van der Waals surface area contributed by atoms with Crippen molar-refractivity contribution >= 4 is 12.0 Å². The molecule has 0 aromatic rings. The van der Waals surface area contributed by atoms with Crippen LogP contribution < -0.4 is 10.7 Å². The number of hydrazine groups is 1. The Morgan fingerprint density at radius 3 is 2.07 bits per heavy atom. The molecule has 0 aromatic carbocycles. The normalized spacial score (nSPS) is 12.7. The van der Waals surface area contributed by atoms with Gasteiger partial charge in [-0.2, -0.15) is 0 Å². The zero-order valence-electron chi connectivity index (χ0n) is 8.87. The molecule has 0 aromatic heterocycles. The van der Waals surface area contributed by atoms with Crippen LogP contribution in [0.15, 0.2) is 0 Å². The minimum atomic E-state index is -1.03. The number of carbonyl (C=O) groups is 2. The van der Waals surface area contributed by atoms with Crippen molar-refractivity contribution in [2.24, 2.45) is 5.92 Å². The molecule has 0 aliphatic rings. The molecule has 0 saturated heterocycles. The van der Waals surface area contributed by atoms with Crippen molar-refractivity contribution in [1.82, 2.24) is 15.8 Å². The van der Waals surface area contributed by atoms with E-state index in [0.29, 0.717) is 0 Å². The van der Waals surface area contributed by atoms with Crippen LogP contribution in [0.5, 0.6) is 0 Å². The minimum absolute atomic E-state index is 0.152. The van der Waals surface area contributed by atoms with Crippen molar-refractivity contribution in [2.45, 2.75) is 19.9 Å². The summed E-state index contributed by atoms with van der Waals surface area (Å²) < 4.78 is 0. The summed E-state index contributed by atoms with van der Waals surface area (Å²) in [5, 5.41) is 12.6. The van der Waals surface area contributed by atoms with E-state index in [1.54, 1.807) is 27.9 Å². The molecule has 0 aliphatic carbocycles. The molecule has 0 bridgehead atoms. The van der Waals surface area contributed by atoms with Crippen LogP contribution in [-0.2, 0) is 4.79 Å². The van der Waals surface area contributed by atoms with Gasteiger partial charge in [0.05, 0.1) is 0 Å². The largest absolute Gasteiger partial charge is 0.480 e. The van der Waals surface area contributed by atoms with Crippen LogP contribution in [0.1, 0.15) is 13.8 Å². The summed E-state index contributed by atoms with van der Waals surface area (Å²) >= 11 is 0. The minimum Gasteiger partial charge on any atom is -0.480 e. The third-order valence-corrected chi connectivity index (χ3v) is 1.54. The molecule has 0 saturated carbocycles. The van der Waals surface area contributed by atoms with E-state index in [1.807, 2.05) is 0 Å². The zero-order chi connectivity index (χ0) is 11.3. The Labute approximate surface area is 83.2 Å². The van der Waals surface area contributed by atoms with Crippen molar-refractivity contribution in [3.8, 4) is 0 Å². The highest BCUT2D eigenvalue weighted by atomic mass is 16.4. The Kier molecular flexibility index (Phi) is 4.93. The molecule has 0 aliphatic heterocycles. The Morgan fingerprint density at radius 2 is 1.79 bits per heavy atom. The van der Waals surface area contributed by atoms with Gasteiger partial charge in [0.15, 0.2) is 0 Å². The van der Waals surface area contributed by atoms with Crippen LogP contribution in [0.3, 0.4) is 0 Å². The van der Waals surface area contributed by atoms with Crippen LogP contribution in [0.25, 0.3) is 0 Å². The van der Waals surface area contributed by atoms with Gasteiger partial charge in [0.2, 0.25) is 0 Å². The SMILES string of the molecule is CC(C)[C@H](NC(=O)NN(C)C)C(=O)O. The lowest BCUT2D eigenvalue weighted by molar-refractivity contribution is -0.140. The van der Waals surface area contributed by atoms with Gasteiger partial charge in [-0.1, -0.05) is 13.8 Å². The van der Waals surface area contributed by atoms with E-state index in [2.05, 4.69) is 10.7 Å². The molecule has 0 rings (SSSR count). The third kappa shape index (κ3) is 4.66. The van der Waals surface area contributed by atoms with Crippen LogP contribution in [0.2, 0.25) is 0 Å². The number of hydrogen-bond acceptors (Lipinski definition) is 3. The predicted octanol–water partition coefficient (Wildman–Crippen LogP) is -0.129. The molecule has 82 valence electrons. The smallest absolute Gasteiger partial charge is 0.330 e. The first-order valence-corrected chi connectivity index (χ1v) is 4.32. The quantitative estimate of drug-likeness (QED) is 0.556. The van der Waals surface area contributed by atoms with E-state index in [9.17, 15) is 9.59 Å². The molecule has 0 radical (unpaired) electrons. The first kappa shape index (κ1) is 12.7. The van der Waals surface area contributed by atoms with Gasteiger partial charge >= 0.3 is 12.0 Å². The molecule has 3 N–H and O–H groups in total. The first-order valence-electron chi connectivity index (χ1n) is 4.32. The fourth-order valence-electron chi connectivity index (χ4n) is 0.890. The fourth-order valence-corrected chi connectivity index (χ4v) is 0.890. The maximum atomic E-state index is 11.1. The van der Waals surface area contributed by atoms with Crippen LogP contribution in [0.4, 0.5) is 4.79 Å². The van der Waals surface area contributed by atoms with Gasteiger partial charge in [-0.25, -0.2) is 14.6 Å². The number of amides is 2. The Morgan fingerprint density at radius 1 is 1.29 bits per heavy atom. The molecule has 0 fully saturated rings. The molecular formula is C8H17N3O3. The number of carboxylic acids is 1. The summed E-state index contributed by atoms with van der Waals surface area (Å²) in [4.78, 5) is 21.9. The lowest BCUT2D eigenvalue weighted by atomic mass is 10.1. The number of aliphatic carboxylic acids is 1. The molecular weight excluding hydrogens is 186 g/mol. The van der Waals surface area contributed by atoms with Gasteiger partial charge in [-0.15, -0.1) is 0 Å². The van der Waals surface area contributed by atoms with Crippen molar-refractivity contribution in [3.63, 3.8) is 0 Å². The standard InChI is InChI=1S/C8H17N3O3/c1-5(2)6(7(12)13)9-8(14)10-11(3)4/h5-6H,1-4H3,(H,12,13)(H2,9,10,14)/t6-/m0/s1. The summed E-state index contributed by atoms with van der Waals surface area (Å²) in [5.74, 6) is -1.19. The van der Waals surface area contributed by atoms with Crippen molar-refractivity contribution in [1.29, 1.82) is 0 Å². The highest BCUT2D eigenvalue weighted by molar-refractivity contribution is 5.82. The predicted molar refractivity (Wildman–Crippen MR) is 51.6 cm³/mol. The second kappa shape index (κ2) is 5.43. The van der Waals surface area contributed by atoms with Crippen LogP contribution >= 0.6 is 0 Å². The van der Waals surface area contributed by atoms with E-state index in [4.69, 9.17) is 5.11 Å². The second-order valence-electron chi connectivity index (χ2n) is 3.54. The second-order valence-corrected chi connectivity index (χ2v) is 3.54. The van der Waals surface area contributed by atoms with Gasteiger partial charge in [-0.3, -0.25) is 5.43 Å². The molecule has 0 unspecified atom stereocenters. The monoisotopic (exact) mass is 203 g/mol. The number of hydrogen-bond donors (Lipinski definition) is 3. The van der Waals surface area contributed by atoms with E-state index >= 15 is 0 Å². The maximum Gasteiger partial charge on any atom is 0.330 e. The average molecular weight is 203 g/mol. The maximum absolute atomic E-state index is 11.1. The van der Waals surface area contributed by atoms with Crippen LogP contribution in [-0.4, -0.2) is 42.3 Å². The molecule has 1 atom stereocenters. The molecule has 6 heteroatoms. The lowest BCUT2D eigenvalue weighted by Crippen LogP contribution is -2.51. The van der Waals surface area contributed by atoms with Crippen LogP contribution in [0, 0.1) is 5.92 Å². The average Bonchev–Trinajstić information content (AvgIpc) is 1.97. The molecule has 2 amide bonds. The number of urea groups is 1. The summed E-state index contributed by atoms with van der Waals surface area (Å²) in [6.45, 7) is 3.46. The fraction of sp³-hybridized carbons (Fsp3) is 0.750. The van der Waals surface area contributed by atoms with Crippen molar-refractivity contribution < 1.29 is 14.7 Å². The summed E-state index contributed by atoms with van der Waals surface area (Å²) in [6.07, 6.45) is 0. The van der Waals surface area contributed by atoms with Gasteiger partial charge in [0.1, 0.15) is 6.04 Å². The molecule has 0 heterocycles. The first-order chi connectivity index (χ1) is 6.34. The lowest BCUT2D eigenvalue weighted by Gasteiger charge is -2.20. The topological polar surface area (TPSA) is 81.7 Å². The Bertz CT molecular complexity index is 216. The van der Waals surface area contributed by atoms with Crippen molar-refractivity contribution in [2.75, 3.05) is 14.1 Å². The summed E-state index contributed by atoms with van der Waals surface area (Å²) in [7, 11) is 3.29. The van der Waals surface area contributed by atoms with E-state index < -0.39 is 18.0 Å². The van der Waals surface area contributed by atoms with Crippen molar-refractivity contribution in [3.05, 3.63) is 0 Å². The van der Waals surface area contributed by atoms with Gasteiger partial charge < -0.3 is 10.4 Å². The van der Waals surface area contributed by atoms with E-state index in [-0.39, 0.29) is 5.92 Å². The van der Waals surface area contributed by atoms with E-state index in [1.165, 1.54) is 5.01 Å². The molecule has 6 nitrogen and oxygen atoms in total. The molecule has 14 heavy (non-hydrogen) atoms. The van der Waals surface area contributed by atoms with Gasteiger partial charge in [0, 0.05) is 14.1 Å². The zero-order valence-corrected chi connectivity index (χ0v) is 8.87. The summed E-state index contributed by atoms with van der Waals surface area (Å²) in [5.41, 5.74) is 2.40. The number of nitrogens with one attached hydrogen (secondary N) is 2. The summed E-state index contributed by atoms with van der Waals surface area (Å²) in [6, 6.07) is -1.38. The van der Waals surface area contributed by atoms with Gasteiger partial charge in [-0.05, 0) is 5.92 Å². The van der Waals surface area contributed by atoms with E-state index in [0.717, 1.165) is 0 Å².